The number of aromatic nitrogens is 4. The second kappa shape index (κ2) is 12.0. The Hall–Kier alpha value is -4.06. The summed E-state index contributed by atoms with van der Waals surface area (Å²) in [7, 11) is 1.62. The van der Waals surface area contributed by atoms with Gasteiger partial charge in [0.15, 0.2) is 0 Å². The molecule has 4 aromatic rings. The number of carbonyl (C=O) groups is 1. The van der Waals surface area contributed by atoms with Crippen LogP contribution in [0.15, 0.2) is 54.9 Å². The van der Waals surface area contributed by atoms with Crippen LogP contribution in [0.2, 0.25) is 0 Å². The molecule has 2 N–H and O–H groups in total. The Kier molecular flexibility index (Phi) is 7.85. The van der Waals surface area contributed by atoms with Gasteiger partial charge in [0.25, 0.3) is 5.91 Å². The van der Waals surface area contributed by atoms with Crippen LogP contribution in [-0.4, -0.2) is 96.5 Å². The summed E-state index contributed by atoms with van der Waals surface area (Å²) >= 11 is 0. The van der Waals surface area contributed by atoms with Crippen molar-refractivity contribution in [1.82, 2.24) is 29.7 Å². The molecule has 2 saturated heterocycles. The van der Waals surface area contributed by atoms with Crippen molar-refractivity contribution in [2.45, 2.75) is 6.54 Å². The average molecular weight is 543 g/mol. The SMILES string of the molecule is CNC(=O)c1ccc(Nc2cc(-c3ccc4c(c3)ncn4CCN3CCOCC3)nc(N3CCOCC3)n2)cc1. The van der Waals surface area contributed by atoms with Crippen molar-refractivity contribution >= 4 is 34.4 Å². The fourth-order valence-electron chi connectivity index (χ4n) is 5.02. The number of morpholine rings is 2. The summed E-state index contributed by atoms with van der Waals surface area (Å²) in [6, 6.07) is 15.6. The number of amides is 1. The summed E-state index contributed by atoms with van der Waals surface area (Å²) in [5.41, 5.74) is 5.26. The number of ether oxygens (including phenoxy) is 2. The van der Waals surface area contributed by atoms with Gasteiger partial charge in [0.1, 0.15) is 5.82 Å². The van der Waals surface area contributed by atoms with Gasteiger partial charge >= 0.3 is 0 Å². The van der Waals surface area contributed by atoms with E-state index >= 15 is 0 Å². The van der Waals surface area contributed by atoms with E-state index in [1.54, 1.807) is 19.2 Å². The number of rotatable bonds is 8. The van der Waals surface area contributed by atoms with Crippen LogP contribution in [0.4, 0.5) is 17.5 Å². The molecule has 0 aliphatic carbocycles. The van der Waals surface area contributed by atoms with Crippen LogP contribution in [0.5, 0.6) is 0 Å². The predicted molar refractivity (Wildman–Crippen MR) is 154 cm³/mol. The topological polar surface area (TPSA) is 110 Å². The number of nitrogens with zero attached hydrogens (tertiary/aromatic N) is 6. The van der Waals surface area contributed by atoms with Crippen LogP contribution in [0.1, 0.15) is 10.4 Å². The number of imidazole rings is 1. The lowest BCUT2D eigenvalue weighted by Crippen LogP contribution is -2.38. The van der Waals surface area contributed by atoms with Crippen LogP contribution < -0.4 is 15.5 Å². The quantitative estimate of drug-likeness (QED) is 0.347. The van der Waals surface area contributed by atoms with Gasteiger partial charge in [0.05, 0.1) is 49.5 Å². The van der Waals surface area contributed by atoms with Crippen molar-refractivity contribution in [3.8, 4) is 11.3 Å². The molecular formula is C29H34N8O3. The molecule has 0 spiro atoms. The minimum Gasteiger partial charge on any atom is -0.379 e. The van der Waals surface area contributed by atoms with Gasteiger partial charge in [-0.2, -0.15) is 4.98 Å². The fraction of sp³-hybridized carbons (Fsp3) is 0.379. The maximum absolute atomic E-state index is 11.9. The highest BCUT2D eigenvalue weighted by Gasteiger charge is 2.18. The van der Waals surface area contributed by atoms with Crippen molar-refractivity contribution in [2.24, 2.45) is 0 Å². The molecule has 6 rings (SSSR count). The Bertz CT molecular complexity index is 1460. The van der Waals surface area contributed by atoms with E-state index in [1.165, 1.54) is 0 Å². The molecule has 2 aromatic heterocycles. The summed E-state index contributed by atoms with van der Waals surface area (Å²) in [4.78, 5) is 31.0. The average Bonchev–Trinajstić information content (AvgIpc) is 3.43. The standard InChI is InChI=1S/C29H34N8O3/c1-30-28(38)21-2-5-23(6-3-21)32-27-19-24(33-29(34-27)36-12-16-40-17-13-36)22-4-7-26-25(18-22)31-20-37(26)9-8-35-10-14-39-15-11-35/h2-7,18-20H,8-17H2,1H3,(H,30,38)(H,32,33,34). The molecule has 0 radical (unpaired) electrons. The first-order valence-electron chi connectivity index (χ1n) is 13.7. The summed E-state index contributed by atoms with van der Waals surface area (Å²) in [6.07, 6.45) is 1.92. The van der Waals surface area contributed by atoms with Gasteiger partial charge in [-0.05, 0) is 36.4 Å². The first-order chi connectivity index (χ1) is 19.7. The highest BCUT2D eigenvalue weighted by Crippen LogP contribution is 2.28. The number of carbonyl (C=O) groups excluding carboxylic acids is 1. The normalized spacial score (nSPS) is 16.3. The van der Waals surface area contributed by atoms with E-state index in [-0.39, 0.29) is 5.91 Å². The highest BCUT2D eigenvalue weighted by atomic mass is 16.5. The van der Waals surface area contributed by atoms with Crippen molar-refractivity contribution in [1.29, 1.82) is 0 Å². The number of hydrogen-bond donors (Lipinski definition) is 2. The Labute approximate surface area is 233 Å². The van der Waals surface area contributed by atoms with Gasteiger partial charge in [0.2, 0.25) is 5.95 Å². The van der Waals surface area contributed by atoms with Crippen LogP contribution >= 0.6 is 0 Å². The van der Waals surface area contributed by atoms with E-state index in [0.717, 1.165) is 80.5 Å². The molecule has 2 aliphatic rings. The van der Waals surface area contributed by atoms with Gasteiger partial charge in [-0.1, -0.05) is 6.07 Å². The van der Waals surface area contributed by atoms with Gasteiger partial charge in [0, 0.05) is 69.2 Å². The zero-order chi connectivity index (χ0) is 27.3. The molecular weight excluding hydrogens is 508 g/mol. The van der Waals surface area contributed by atoms with Crippen molar-refractivity contribution in [2.75, 3.05) is 76.4 Å². The van der Waals surface area contributed by atoms with Gasteiger partial charge in [-0.15, -0.1) is 0 Å². The van der Waals surface area contributed by atoms with Gasteiger partial charge < -0.3 is 29.6 Å². The molecule has 2 aromatic carbocycles. The lowest BCUT2D eigenvalue weighted by atomic mass is 10.1. The molecule has 11 heteroatoms. The number of anilines is 3. The maximum atomic E-state index is 11.9. The zero-order valence-corrected chi connectivity index (χ0v) is 22.7. The number of fused-ring (bicyclic) bond motifs is 1. The molecule has 208 valence electrons. The van der Waals surface area contributed by atoms with Gasteiger partial charge in [-0.3, -0.25) is 9.69 Å². The monoisotopic (exact) mass is 542 g/mol. The number of benzene rings is 2. The maximum Gasteiger partial charge on any atom is 0.251 e. The fourth-order valence-corrected chi connectivity index (χ4v) is 5.02. The lowest BCUT2D eigenvalue weighted by Gasteiger charge is -2.27. The van der Waals surface area contributed by atoms with Crippen LogP contribution in [0.3, 0.4) is 0 Å². The van der Waals surface area contributed by atoms with E-state index < -0.39 is 0 Å². The molecule has 2 aliphatic heterocycles. The Balaban J connectivity index is 1.27. The van der Waals surface area contributed by atoms with E-state index in [9.17, 15) is 4.79 Å². The Morgan fingerprint density at radius 2 is 1.65 bits per heavy atom. The van der Waals surface area contributed by atoms with Crippen LogP contribution in [0, 0.1) is 0 Å². The predicted octanol–water partition coefficient (Wildman–Crippen LogP) is 2.77. The molecule has 40 heavy (non-hydrogen) atoms. The molecule has 2 fully saturated rings. The lowest BCUT2D eigenvalue weighted by molar-refractivity contribution is 0.0365. The molecule has 11 nitrogen and oxygen atoms in total. The molecule has 0 unspecified atom stereocenters. The third-order valence-electron chi connectivity index (χ3n) is 7.33. The molecule has 4 heterocycles. The minimum atomic E-state index is -0.121. The summed E-state index contributed by atoms with van der Waals surface area (Å²) in [5.74, 6) is 1.21. The number of hydrogen-bond acceptors (Lipinski definition) is 9. The van der Waals surface area contributed by atoms with Crippen LogP contribution in [0.25, 0.3) is 22.3 Å². The van der Waals surface area contributed by atoms with Crippen molar-refractivity contribution in [3.63, 3.8) is 0 Å². The van der Waals surface area contributed by atoms with Crippen molar-refractivity contribution in [3.05, 3.63) is 60.4 Å². The zero-order valence-electron chi connectivity index (χ0n) is 22.7. The third kappa shape index (κ3) is 5.91. The van der Waals surface area contributed by atoms with Crippen LogP contribution in [-0.2, 0) is 16.0 Å². The number of nitrogens with one attached hydrogen (secondary N) is 2. The minimum absolute atomic E-state index is 0.121. The van der Waals surface area contributed by atoms with E-state index in [0.29, 0.717) is 30.5 Å². The summed E-state index contributed by atoms with van der Waals surface area (Å²) in [6.45, 7) is 8.18. The molecule has 1 amide bonds. The Morgan fingerprint density at radius 3 is 2.40 bits per heavy atom. The highest BCUT2D eigenvalue weighted by molar-refractivity contribution is 5.94. The van der Waals surface area contributed by atoms with E-state index in [2.05, 4.69) is 43.2 Å². The second-order valence-electron chi connectivity index (χ2n) is 9.91. The first-order valence-corrected chi connectivity index (χ1v) is 13.7. The smallest absolute Gasteiger partial charge is 0.251 e. The van der Waals surface area contributed by atoms with Gasteiger partial charge in [-0.25, -0.2) is 9.97 Å². The van der Waals surface area contributed by atoms with Crippen molar-refractivity contribution < 1.29 is 14.3 Å². The second-order valence-corrected chi connectivity index (χ2v) is 9.91. The third-order valence-corrected chi connectivity index (χ3v) is 7.33. The Morgan fingerprint density at radius 1 is 0.900 bits per heavy atom. The summed E-state index contributed by atoms with van der Waals surface area (Å²) in [5, 5.41) is 6.04. The molecule has 0 atom stereocenters. The first kappa shape index (κ1) is 26.2. The van der Waals surface area contributed by atoms with E-state index in [4.69, 9.17) is 24.4 Å². The molecule has 0 saturated carbocycles. The molecule has 0 bridgehead atoms. The largest absolute Gasteiger partial charge is 0.379 e. The summed E-state index contributed by atoms with van der Waals surface area (Å²) < 4.78 is 13.2. The van der Waals surface area contributed by atoms with E-state index in [1.807, 2.05) is 24.5 Å².